The first-order valence-corrected chi connectivity index (χ1v) is 8.20. The Morgan fingerprint density at radius 1 is 1.23 bits per heavy atom. The average molecular weight is 355 g/mol. The van der Waals surface area contributed by atoms with E-state index in [0.717, 1.165) is 11.1 Å². The van der Waals surface area contributed by atoms with E-state index in [0.29, 0.717) is 23.3 Å². The van der Waals surface area contributed by atoms with Crippen LogP contribution in [0, 0.1) is 24.0 Å². The largest absolute Gasteiger partial charge is 0.484 e. The molecule has 136 valence electrons. The van der Waals surface area contributed by atoms with E-state index in [1.807, 2.05) is 32.9 Å². The normalized spacial score (nSPS) is 10.7. The molecule has 0 atom stereocenters. The van der Waals surface area contributed by atoms with Crippen LogP contribution in [0.1, 0.15) is 29.2 Å². The molecule has 1 N–H and O–H groups in total. The fourth-order valence-corrected chi connectivity index (χ4v) is 2.29. The molecule has 0 unspecified atom stereocenters. The van der Waals surface area contributed by atoms with Gasteiger partial charge >= 0.3 is 0 Å². The van der Waals surface area contributed by atoms with Crippen LogP contribution in [0.25, 0.3) is 0 Å². The zero-order valence-corrected chi connectivity index (χ0v) is 15.0. The lowest BCUT2D eigenvalue weighted by Crippen LogP contribution is -2.24. The van der Waals surface area contributed by atoms with Crippen LogP contribution in [0.15, 0.2) is 41.5 Å². The van der Waals surface area contributed by atoms with E-state index in [9.17, 15) is 14.9 Å². The smallest absolute Gasteiger partial charge is 0.277 e. The summed E-state index contributed by atoms with van der Waals surface area (Å²) < 4.78 is 5.41. The molecule has 0 bridgehead atoms. The quantitative estimate of drug-likeness (QED) is 0.468. The molecule has 0 saturated carbocycles. The van der Waals surface area contributed by atoms with Crippen LogP contribution >= 0.6 is 0 Å². The van der Waals surface area contributed by atoms with Crippen molar-refractivity contribution in [3.63, 3.8) is 0 Å². The fraction of sp³-hybridized carbons (Fsp3) is 0.263. The maximum Gasteiger partial charge on any atom is 0.277 e. The summed E-state index contributed by atoms with van der Waals surface area (Å²) in [5.41, 5.74) is 5.79. The van der Waals surface area contributed by atoms with Crippen LogP contribution in [-0.4, -0.2) is 23.7 Å². The molecule has 2 rings (SSSR count). The van der Waals surface area contributed by atoms with Crippen molar-refractivity contribution in [3.05, 3.63) is 68.8 Å². The lowest BCUT2D eigenvalue weighted by atomic mass is 10.1. The number of nitro groups is 1. The first kappa shape index (κ1) is 19.1. The zero-order chi connectivity index (χ0) is 19.1. The molecule has 26 heavy (non-hydrogen) atoms. The highest BCUT2D eigenvalue weighted by Crippen LogP contribution is 2.20. The van der Waals surface area contributed by atoms with E-state index in [2.05, 4.69) is 10.5 Å². The van der Waals surface area contributed by atoms with Gasteiger partial charge in [-0.2, -0.15) is 5.10 Å². The van der Waals surface area contributed by atoms with Crippen molar-refractivity contribution < 1.29 is 14.5 Å². The number of carbonyl (C=O) groups excluding carboxylic acids is 1. The molecule has 7 heteroatoms. The van der Waals surface area contributed by atoms with E-state index in [1.165, 1.54) is 12.3 Å². The number of nitrogens with one attached hydrogen (secondary N) is 1. The molecule has 0 fully saturated rings. The van der Waals surface area contributed by atoms with Crippen molar-refractivity contribution in [2.45, 2.75) is 27.2 Å². The van der Waals surface area contributed by atoms with Crippen LogP contribution in [0.2, 0.25) is 0 Å². The molecule has 0 saturated heterocycles. The van der Waals surface area contributed by atoms with E-state index in [4.69, 9.17) is 4.74 Å². The summed E-state index contributed by atoms with van der Waals surface area (Å²) in [7, 11) is 0. The molecular formula is C19H21N3O4. The van der Waals surface area contributed by atoms with Crippen molar-refractivity contribution in [2.24, 2.45) is 5.10 Å². The number of nitrogens with zero attached hydrogens (tertiary/aromatic N) is 2. The molecule has 1 amide bonds. The number of rotatable bonds is 7. The van der Waals surface area contributed by atoms with Crippen molar-refractivity contribution in [1.82, 2.24) is 5.43 Å². The summed E-state index contributed by atoms with van der Waals surface area (Å²) in [6, 6.07) is 10.4. The Labute approximate surface area is 151 Å². The number of hydrogen-bond acceptors (Lipinski definition) is 5. The third-order valence-corrected chi connectivity index (χ3v) is 3.94. The molecule has 0 aromatic heterocycles. The second-order valence-electron chi connectivity index (χ2n) is 5.83. The summed E-state index contributed by atoms with van der Waals surface area (Å²) in [5, 5.41) is 14.9. The minimum atomic E-state index is -0.424. The van der Waals surface area contributed by atoms with E-state index in [1.54, 1.807) is 18.2 Å². The van der Waals surface area contributed by atoms with Crippen LogP contribution in [-0.2, 0) is 11.2 Å². The SMILES string of the molecule is CCc1ccc(/C=N\NC(=O)COc2ccc(C)c(C)c2)cc1[N+](=O)[O-]. The Kier molecular flexibility index (Phi) is 6.43. The molecule has 0 spiro atoms. The number of carbonyl (C=O) groups is 1. The zero-order valence-electron chi connectivity index (χ0n) is 15.0. The third-order valence-electron chi connectivity index (χ3n) is 3.94. The maximum atomic E-state index is 11.8. The lowest BCUT2D eigenvalue weighted by Gasteiger charge is -2.07. The molecule has 0 aliphatic carbocycles. The number of ether oxygens (including phenoxy) is 1. The molecule has 0 radical (unpaired) electrons. The number of aryl methyl sites for hydroxylation is 3. The van der Waals surface area contributed by atoms with Gasteiger partial charge in [0.05, 0.1) is 11.1 Å². The Morgan fingerprint density at radius 2 is 2.00 bits per heavy atom. The molecule has 2 aromatic carbocycles. The van der Waals surface area contributed by atoms with E-state index in [-0.39, 0.29) is 12.3 Å². The standard InChI is InChI=1S/C19H21N3O4/c1-4-16-7-6-15(10-18(16)22(24)25)11-20-21-19(23)12-26-17-8-5-13(2)14(3)9-17/h5-11H,4,12H2,1-3H3,(H,21,23)/b20-11-. The van der Waals surface area contributed by atoms with Crippen LogP contribution < -0.4 is 10.2 Å². The highest BCUT2D eigenvalue weighted by atomic mass is 16.6. The second kappa shape index (κ2) is 8.75. The van der Waals surface area contributed by atoms with Gasteiger partial charge in [-0.15, -0.1) is 0 Å². The van der Waals surface area contributed by atoms with E-state index < -0.39 is 10.8 Å². The van der Waals surface area contributed by atoms with Gasteiger partial charge in [0, 0.05) is 17.2 Å². The molecular weight excluding hydrogens is 334 g/mol. The van der Waals surface area contributed by atoms with Crippen LogP contribution in [0.5, 0.6) is 5.75 Å². The minimum absolute atomic E-state index is 0.0425. The number of benzene rings is 2. The number of hydrogen-bond donors (Lipinski definition) is 1. The second-order valence-corrected chi connectivity index (χ2v) is 5.83. The highest BCUT2D eigenvalue weighted by molar-refractivity contribution is 5.83. The predicted octanol–water partition coefficient (Wildman–Crippen LogP) is 3.30. The predicted molar refractivity (Wildman–Crippen MR) is 99.6 cm³/mol. The summed E-state index contributed by atoms with van der Waals surface area (Å²) in [4.78, 5) is 22.4. The minimum Gasteiger partial charge on any atom is -0.484 e. The van der Waals surface area contributed by atoms with Gasteiger partial charge in [-0.3, -0.25) is 14.9 Å². The topological polar surface area (TPSA) is 93.8 Å². The van der Waals surface area contributed by atoms with Crippen molar-refractivity contribution in [2.75, 3.05) is 6.61 Å². The summed E-state index contributed by atoms with van der Waals surface area (Å²) >= 11 is 0. The molecule has 0 aliphatic rings. The average Bonchev–Trinajstić information content (AvgIpc) is 2.62. The summed E-state index contributed by atoms with van der Waals surface area (Å²) in [5.74, 6) is 0.192. The van der Waals surface area contributed by atoms with Crippen molar-refractivity contribution in [3.8, 4) is 5.75 Å². The number of nitro benzene ring substituents is 1. The van der Waals surface area contributed by atoms with Gasteiger partial charge in [0.2, 0.25) is 0 Å². The van der Waals surface area contributed by atoms with Gasteiger partial charge in [-0.05, 0) is 43.5 Å². The molecule has 0 heterocycles. The molecule has 7 nitrogen and oxygen atoms in total. The Morgan fingerprint density at radius 3 is 2.65 bits per heavy atom. The third kappa shape index (κ3) is 5.14. The van der Waals surface area contributed by atoms with Crippen LogP contribution in [0.4, 0.5) is 5.69 Å². The first-order valence-electron chi connectivity index (χ1n) is 8.20. The highest BCUT2D eigenvalue weighted by Gasteiger charge is 2.12. The van der Waals surface area contributed by atoms with Crippen molar-refractivity contribution >= 4 is 17.8 Å². The molecule has 0 aliphatic heterocycles. The van der Waals surface area contributed by atoms with Gasteiger partial charge in [0.25, 0.3) is 11.6 Å². The van der Waals surface area contributed by atoms with Crippen molar-refractivity contribution in [1.29, 1.82) is 0 Å². The fourth-order valence-electron chi connectivity index (χ4n) is 2.29. The summed E-state index contributed by atoms with van der Waals surface area (Å²) in [6.45, 7) is 5.65. The Balaban J connectivity index is 1.91. The number of hydrazone groups is 1. The van der Waals surface area contributed by atoms with E-state index >= 15 is 0 Å². The van der Waals surface area contributed by atoms with Gasteiger partial charge in [0.15, 0.2) is 6.61 Å². The lowest BCUT2D eigenvalue weighted by molar-refractivity contribution is -0.385. The van der Waals surface area contributed by atoms with Gasteiger partial charge in [-0.1, -0.05) is 25.1 Å². The molecule has 2 aromatic rings. The van der Waals surface area contributed by atoms with Crippen LogP contribution in [0.3, 0.4) is 0 Å². The Bertz CT molecular complexity index is 847. The number of amides is 1. The first-order chi connectivity index (χ1) is 12.4. The van der Waals surface area contributed by atoms with Gasteiger partial charge < -0.3 is 4.74 Å². The maximum absolute atomic E-state index is 11.8. The van der Waals surface area contributed by atoms with Gasteiger partial charge in [-0.25, -0.2) is 5.43 Å². The van der Waals surface area contributed by atoms with Gasteiger partial charge in [0.1, 0.15) is 5.75 Å². The Hall–Kier alpha value is -3.22. The summed E-state index contributed by atoms with van der Waals surface area (Å²) in [6.07, 6.45) is 1.93. The monoisotopic (exact) mass is 355 g/mol.